The zero-order valence-electron chi connectivity index (χ0n) is 17.2. The lowest BCUT2D eigenvalue weighted by molar-refractivity contribution is -0.125. The Kier molecular flexibility index (Phi) is 6.90. The summed E-state index contributed by atoms with van der Waals surface area (Å²) in [5, 5.41) is 6.88. The van der Waals surface area contributed by atoms with E-state index in [9.17, 15) is 9.59 Å². The maximum Gasteiger partial charge on any atom is 0.342 e. The Morgan fingerprint density at radius 2 is 1.97 bits per heavy atom. The van der Waals surface area contributed by atoms with Gasteiger partial charge < -0.3 is 19.3 Å². The third kappa shape index (κ3) is 5.37. The van der Waals surface area contributed by atoms with Crippen molar-refractivity contribution in [2.75, 3.05) is 6.61 Å². The molecule has 1 aromatic heterocycles. The largest absolute Gasteiger partial charge is 0.488 e. The minimum Gasteiger partial charge on any atom is -0.488 e. The molecule has 0 saturated heterocycles. The number of ether oxygens (including phenoxy) is 2. The number of hydrogen-bond acceptors (Lipinski definition) is 6. The van der Waals surface area contributed by atoms with Crippen molar-refractivity contribution in [3.8, 4) is 5.75 Å². The quantitative estimate of drug-likeness (QED) is 0.713. The van der Waals surface area contributed by atoms with Gasteiger partial charge in [0.1, 0.15) is 23.7 Å². The van der Waals surface area contributed by atoms with Crippen LogP contribution < -0.4 is 10.1 Å². The molecule has 7 heteroatoms. The molecule has 0 bridgehead atoms. The normalized spacial score (nSPS) is 18.9. The molecular formula is C22H28N2O5. The van der Waals surface area contributed by atoms with Gasteiger partial charge in [-0.3, -0.25) is 4.79 Å². The van der Waals surface area contributed by atoms with Crippen LogP contribution >= 0.6 is 0 Å². The lowest BCUT2D eigenvalue weighted by Crippen LogP contribution is -2.42. The van der Waals surface area contributed by atoms with Gasteiger partial charge in [0.05, 0.1) is 11.3 Å². The third-order valence-corrected chi connectivity index (χ3v) is 5.45. The van der Waals surface area contributed by atoms with Crippen molar-refractivity contribution in [1.82, 2.24) is 10.5 Å². The fraction of sp³-hybridized carbons (Fsp3) is 0.500. The Labute approximate surface area is 170 Å². The van der Waals surface area contributed by atoms with Gasteiger partial charge in [-0.05, 0) is 44.7 Å². The minimum absolute atomic E-state index is 0.153. The highest BCUT2D eigenvalue weighted by Gasteiger charge is 2.23. The van der Waals surface area contributed by atoms with Crippen LogP contribution in [0.1, 0.15) is 60.0 Å². The molecule has 1 aromatic carbocycles. The summed E-state index contributed by atoms with van der Waals surface area (Å²) in [4.78, 5) is 24.7. The Morgan fingerprint density at radius 1 is 1.21 bits per heavy atom. The average molecular weight is 400 g/mol. The number of rotatable bonds is 7. The number of benzene rings is 1. The van der Waals surface area contributed by atoms with E-state index in [0.717, 1.165) is 30.5 Å². The number of esters is 1. The van der Waals surface area contributed by atoms with Gasteiger partial charge in [0.15, 0.2) is 6.61 Å². The van der Waals surface area contributed by atoms with E-state index in [2.05, 4.69) is 17.4 Å². The van der Waals surface area contributed by atoms with Crippen molar-refractivity contribution in [2.24, 2.45) is 5.92 Å². The van der Waals surface area contributed by atoms with Gasteiger partial charge in [-0.2, -0.15) is 0 Å². The molecule has 2 aromatic rings. The molecule has 1 heterocycles. The summed E-state index contributed by atoms with van der Waals surface area (Å²) in [6, 6.07) is 6.96. The van der Waals surface area contributed by atoms with Crippen LogP contribution in [0.5, 0.6) is 5.75 Å². The van der Waals surface area contributed by atoms with Crippen molar-refractivity contribution in [1.29, 1.82) is 0 Å². The van der Waals surface area contributed by atoms with Crippen molar-refractivity contribution in [3.05, 3.63) is 46.8 Å². The number of aromatic nitrogens is 1. The molecule has 156 valence electrons. The molecule has 3 rings (SSSR count). The molecule has 1 fully saturated rings. The lowest BCUT2D eigenvalue weighted by atomic mass is 9.86. The Hall–Kier alpha value is -2.83. The van der Waals surface area contributed by atoms with Crippen molar-refractivity contribution in [3.63, 3.8) is 0 Å². The molecule has 2 atom stereocenters. The monoisotopic (exact) mass is 400 g/mol. The highest BCUT2D eigenvalue weighted by Crippen LogP contribution is 2.24. The molecule has 1 aliphatic rings. The van der Waals surface area contributed by atoms with Crippen LogP contribution in [0, 0.1) is 19.8 Å². The Bertz CT molecular complexity index is 841. The van der Waals surface area contributed by atoms with E-state index in [1.165, 1.54) is 6.42 Å². The average Bonchev–Trinajstić information content (AvgIpc) is 3.04. The predicted molar refractivity (Wildman–Crippen MR) is 107 cm³/mol. The Morgan fingerprint density at radius 3 is 2.69 bits per heavy atom. The number of hydrogen-bond donors (Lipinski definition) is 1. The van der Waals surface area contributed by atoms with Crippen LogP contribution in [0.25, 0.3) is 0 Å². The fourth-order valence-electron chi connectivity index (χ4n) is 3.61. The second kappa shape index (κ2) is 9.58. The first-order chi connectivity index (χ1) is 14.0. The smallest absolute Gasteiger partial charge is 0.342 e. The van der Waals surface area contributed by atoms with Crippen LogP contribution in [0.3, 0.4) is 0 Å². The molecule has 0 aliphatic heterocycles. The topological polar surface area (TPSA) is 90.7 Å². The zero-order chi connectivity index (χ0) is 20.8. The van der Waals surface area contributed by atoms with E-state index in [1.807, 2.05) is 13.8 Å². The summed E-state index contributed by atoms with van der Waals surface area (Å²) in [5.41, 5.74) is 1.86. The van der Waals surface area contributed by atoms with Crippen LogP contribution in [0.4, 0.5) is 0 Å². The van der Waals surface area contributed by atoms with Gasteiger partial charge >= 0.3 is 5.97 Å². The van der Waals surface area contributed by atoms with Gasteiger partial charge in [0.25, 0.3) is 5.91 Å². The summed E-state index contributed by atoms with van der Waals surface area (Å²) in [6.45, 7) is 5.71. The first kappa shape index (κ1) is 20.9. The van der Waals surface area contributed by atoms with Gasteiger partial charge in [-0.15, -0.1) is 0 Å². The number of nitrogens with zero attached hydrogens (tertiary/aromatic N) is 1. The molecule has 1 amide bonds. The van der Waals surface area contributed by atoms with Crippen LogP contribution in [0.15, 0.2) is 28.8 Å². The molecule has 29 heavy (non-hydrogen) atoms. The molecule has 0 unspecified atom stereocenters. The van der Waals surface area contributed by atoms with Crippen LogP contribution in [-0.2, 0) is 16.1 Å². The summed E-state index contributed by atoms with van der Waals surface area (Å²) >= 11 is 0. The van der Waals surface area contributed by atoms with Crippen molar-refractivity contribution < 1.29 is 23.6 Å². The minimum atomic E-state index is -0.591. The predicted octanol–water partition coefficient (Wildman–Crippen LogP) is 3.72. The number of carbonyl (C=O) groups excluding carboxylic acids is 2. The fourth-order valence-corrected chi connectivity index (χ4v) is 3.61. The first-order valence-electron chi connectivity index (χ1n) is 10.1. The second-order valence-corrected chi connectivity index (χ2v) is 7.60. The molecule has 1 saturated carbocycles. The van der Waals surface area contributed by atoms with Gasteiger partial charge in [0, 0.05) is 6.04 Å². The van der Waals surface area contributed by atoms with E-state index < -0.39 is 5.97 Å². The first-order valence-corrected chi connectivity index (χ1v) is 10.1. The number of aryl methyl sites for hydroxylation is 2. The molecule has 0 spiro atoms. The standard InChI is InChI=1S/C22H28N2O5/c1-14-8-4-6-10-19(14)23-21(25)13-28-22(26)17-9-5-7-11-20(17)27-12-18-15(2)24-29-16(18)3/h5,7,9,11,14,19H,4,6,8,10,12-13H2,1-3H3,(H,23,25)/t14-,19+/m1/s1. The molecule has 0 radical (unpaired) electrons. The SMILES string of the molecule is Cc1noc(C)c1COc1ccccc1C(=O)OCC(=O)N[C@H]1CCCC[C@H]1C. The highest BCUT2D eigenvalue weighted by atomic mass is 16.5. The van der Waals surface area contributed by atoms with E-state index >= 15 is 0 Å². The van der Waals surface area contributed by atoms with Crippen molar-refractivity contribution in [2.45, 2.75) is 59.1 Å². The van der Waals surface area contributed by atoms with Gasteiger partial charge in [0.2, 0.25) is 0 Å². The van der Waals surface area contributed by atoms with E-state index in [1.54, 1.807) is 24.3 Å². The summed E-state index contributed by atoms with van der Waals surface area (Å²) in [6.07, 6.45) is 4.40. The summed E-state index contributed by atoms with van der Waals surface area (Å²) < 4.78 is 16.2. The lowest BCUT2D eigenvalue weighted by Gasteiger charge is -2.29. The molecule has 7 nitrogen and oxygen atoms in total. The molecule has 1 aliphatic carbocycles. The van der Waals surface area contributed by atoms with Crippen LogP contribution in [0.2, 0.25) is 0 Å². The maximum absolute atomic E-state index is 12.5. The van der Waals surface area contributed by atoms with E-state index in [-0.39, 0.29) is 30.7 Å². The third-order valence-electron chi connectivity index (χ3n) is 5.45. The van der Waals surface area contributed by atoms with Crippen molar-refractivity contribution >= 4 is 11.9 Å². The van der Waals surface area contributed by atoms with Gasteiger partial charge in [-0.1, -0.05) is 37.1 Å². The highest BCUT2D eigenvalue weighted by molar-refractivity contribution is 5.94. The Balaban J connectivity index is 1.56. The van der Waals surface area contributed by atoms with Gasteiger partial charge in [-0.25, -0.2) is 4.79 Å². The maximum atomic E-state index is 12.5. The number of nitrogens with one attached hydrogen (secondary N) is 1. The molecule has 1 N–H and O–H groups in total. The summed E-state index contributed by atoms with van der Waals surface area (Å²) in [5.74, 6) is 0.647. The zero-order valence-corrected chi connectivity index (χ0v) is 17.2. The number of para-hydroxylation sites is 1. The number of amides is 1. The second-order valence-electron chi connectivity index (χ2n) is 7.60. The number of carbonyl (C=O) groups is 2. The van der Waals surface area contributed by atoms with E-state index in [4.69, 9.17) is 14.0 Å². The van der Waals surface area contributed by atoms with Crippen LogP contribution in [-0.4, -0.2) is 29.7 Å². The van der Waals surface area contributed by atoms with E-state index in [0.29, 0.717) is 17.4 Å². The summed E-state index contributed by atoms with van der Waals surface area (Å²) in [7, 11) is 0. The molecular weight excluding hydrogens is 372 g/mol.